The number of unbranched alkanes of at least 4 members (excludes halogenated alkanes) is 8. The molecule has 0 atom stereocenters. The summed E-state index contributed by atoms with van der Waals surface area (Å²) >= 11 is 5.92. The zero-order valence-electron chi connectivity index (χ0n) is 13.5. The van der Waals surface area contributed by atoms with Crippen LogP contribution in [0.3, 0.4) is 0 Å². The summed E-state index contributed by atoms with van der Waals surface area (Å²) in [5.74, 6) is 0.105. The second-order valence-corrected chi connectivity index (χ2v) is 6.22. The van der Waals surface area contributed by atoms with E-state index < -0.39 is 0 Å². The van der Waals surface area contributed by atoms with E-state index in [9.17, 15) is 5.11 Å². The van der Waals surface area contributed by atoms with Crippen LogP contribution in [0.15, 0.2) is 23.4 Å². The summed E-state index contributed by atoms with van der Waals surface area (Å²) in [6, 6.07) is 4.78. The molecule has 0 saturated heterocycles. The van der Waals surface area contributed by atoms with Gasteiger partial charge in [0, 0.05) is 10.6 Å². The van der Waals surface area contributed by atoms with Crippen molar-refractivity contribution in [1.29, 1.82) is 0 Å². The van der Waals surface area contributed by atoms with Gasteiger partial charge < -0.3 is 10.3 Å². The van der Waals surface area contributed by atoms with Crippen LogP contribution in [-0.4, -0.2) is 16.0 Å². The normalized spacial score (nSPS) is 11.8. The molecule has 0 heterocycles. The standard InChI is InChI=1S/C18H28ClNO2/c1-2-3-4-5-6-7-8-9-10-11-17(20-22)16-14-15(19)12-13-18(16)21/h12-14,21-22H,2-11H2,1H3. The molecule has 22 heavy (non-hydrogen) atoms. The van der Waals surface area contributed by atoms with E-state index in [2.05, 4.69) is 12.1 Å². The Kier molecular flexibility index (Phi) is 9.72. The van der Waals surface area contributed by atoms with Crippen LogP contribution >= 0.6 is 11.6 Å². The molecule has 0 aliphatic rings. The maximum absolute atomic E-state index is 9.83. The lowest BCUT2D eigenvalue weighted by Gasteiger charge is -2.07. The predicted octanol–water partition coefficient (Wildman–Crippen LogP) is 6.14. The summed E-state index contributed by atoms with van der Waals surface area (Å²) in [4.78, 5) is 0. The number of oxime groups is 1. The molecule has 0 spiro atoms. The van der Waals surface area contributed by atoms with Crippen molar-refractivity contribution < 1.29 is 10.3 Å². The van der Waals surface area contributed by atoms with Crippen LogP contribution in [-0.2, 0) is 0 Å². The van der Waals surface area contributed by atoms with Crippen molar-refractivity contribution >= 4 is 17.3 Å². The molecule has 1 aromatic carbocycles. The largest absolute Gasteiger partial charge is 0.507 e. The predicted molar refractivity (Wildman–Crippen MR) is 93.3 cm³/mol. The van der Waals surface area contributed by atoms with Crippen LogP contribution in [0.25, 0.3) is 0 Å². The second-order valence-electron chi connectivity index (χ2n) is 5.79. The fraction of sp³-hybridized carbons (Fsp3) is 0.611. The summed E-state index contributed by atoms with van der Waals surface area (Å²) < 4.78 is 0. The summed E-state index contributed by atoms with van der Waals surface area (Å²) in [5.41, 5.74) is 1.03. The summed E-state index contributed by atoms with van der Waals surface area (Å²) in [6.07, 6.45) is 11.9. The molecule has 0 aliphatic carbocycles. The highest BCUT2D eigenvalue weighted by molar-refractivity contribution is 6.31. The van der Waals surface area contributed by atoms with Gasteiger partial charge in [-0.2, -0.15) is 0 Å². The number of hydrogen-bond acceptors (Lipinski definition) is 3. The van der Waals surface area contributed by atoms with Gasteiger partial charge in [0.25, 0.3) is 0 Å². The number of hydrogen-bond donors (Lipinski definition) is 2. The number of phenolic OH excluding ortho intramolecular Hbond substituents is 1. The lowest BCUT2D eigenvalue weighted by atomic mass is 10.0. The fourth-order valence-corrected chi connectivity index (χ4v) is 2.75. The van der Waals surface area contributed by atoms with Crippen molar-refractivity contribution in [2.45, 2.75) is 71.1 Å². The van der Waals surface area contributed by atoms with Gasteiger partial charge in [0.2, 0.25) is 0 Å². The Hall–Kier alpha value is -1.22. The van der Waals surface area contributed by atoms with Crippen molar-refractivity contribution in [3.05, 3.63) is 28.8 Å². The molecule has 0 unspecified atom stereocenters. The quantitative estimate of drug-likeness (QED) is 0.222. The van der Waals surface area contributed by atoms with Gasteiger partial charge in [0.1, 0.15) is 5.75 Å². The van der Waals surface area contributed by atoms with Gasteiger partial charge in [-0.05, 0) is 31.0 Å². The van der Waals surface area contributed by atoms with E-state index in [0.29, 0.717) is 22.7 Å². The molecule has 124 valence electrons. The third-order valence-corrected chi connectivity index (χ3v) is 4.14. The minimum absolute atomic E-state index is 0.105. The highest BCUT2D eigenvalue weighted by Gasteiger charge is 2.10. The lowest BCUT2D eigenvalue weighted by molar-refractivity contribution is 0.317. The topological polar surface area (TPSA) is 52.8 Å². The molecule has 0 fully saturated rings. The second kappa shape index (κ2) is 11.4. The fourth-order valence-electron chi connectivity index (χ4n) is 2.58. The first-order chi connectivity index (χ1) is 10.7. The zero-order valence-corrected chi connectivity index (χ0v) is 14.3. The first-order valence-electron chi connectivity index (χ1n) is 8.38. The number of aromatic hydroxyl groups is 1. The molecule has 0 radical (unpaired) electrons. The van der Waals surface area contributed by atoms with Gasteiger partial charge >= 0.3 is 0 Å². The molecule has 3 nitrogen and oxygen atoms in total. The highest BCUT2D eigenvalue weighted by atomic mass is 35.5. The minimum atomic E-state index is 0.105. The zero-order chi connectivity index (χ0) is 16.2. The molecule has 0 saturated carbocycles. The maximum atomic E-state index is 9.83. The smallest absolute Gasteiger partial charge is 0.124 e. The van der Waals surface area contributed by atoms with Gasteiger partial charge in [0.05, 0.1) is 5.71 Å². The van der Waals surface area contributed by atoms with Crippen molar-refractivity contribution in [2.24, 2.45) is 5.16 Å². The lowest BCUT2D eigenvalue weighted by Crippen LogP contribution is -2.01. The van der Waals surface area contributed by atoms with Crippen molar-refractivity contribution in [3.63, 3.8) is 0 Å². The minimum Gasteiger partial charge on any atom is -0.507 e. The molecule has 2 N–H and O–H groups in total. The maximum Gasteiger partial charge on any atom is 0.124 e. The number of rotatable bonds is 11. The van der Waals surface area contributed by atoms with E-state index in [1.54, 1.807) is 12.1 Å². The monoisotopic (exact) mass is 325 g/mol. The summed E-state index contributed by atoms with van der Waals surface area (Å²) in [5, 5.41) is 22.8. The summed E-state index contributed by atoms with van der Waals surface area (Å²) in [6.45, 7) is 2.23. The molecule has 1 rings (SSSR count). The van der Waals surface area contributed by atoms with Gasteiger partial charge in [-0.1, -0.05) is 75.0 Å². The Morgan fingerprint density at radius 3 is 2.18 bits per heavy atom. The average molecular weight is 326 g/mol. The Morgan fingerprint density at radius 1 is 1.00 bits per heavy atom. The van der Waals surface area contributed by atoms with Crippen molar-refractivity contribution in [2.75, 3.05) is 0 Å². The molecular weight excluding hydrogens is 298 g/mol. The Bertz CT molecular complexity index is 460. The summed E-state index contributed by atoms with van der Waals surface area (Å²) in [7, 11) is 0. The molecule has 0 amide bonds. The van der Waals surface area contributed by atoms with E-state index in [4.69, 9.17) is 16.8 Å². The number of phenols is 1. The van der Waals surface area contributed by atoms with Crippen LogP contribution in [0.4, 0.5) is 0 Å². The molecule has 1 aromatic rings. The highest BCUT2D eigenvalue weighted by Crippen LogP contribution is 2.24. The molecule has 0 aliphatic heterocycles. The van der Waals surface area contributed by atoms with E-state index in [-0.39, 0.29) is 5.75 Å². The molecule has 0 bridgehead atoms. The first kappa shape index (κ1) is 18.8. The van der Waals surface area contributed by atoms with E-state index >= 15 is 0 Å². The van der Waals surface area contributed by atoms with Crippen molar-refractivity contribution in [3.8, 4) is 5.75 Å². The van der Waals surface area contributed by atoms with E-state index in [1.807, 2.05) is 0 Å². The van der Waals surface area contributed by atoms with Gasteiger partial charge in [-0.25, -0.2) is 0 Å². The molecule has 4 heteroatoms. The van der Waals surface area contributed by atoms with Gasteiger partial charge in [-0.15, -0.1) is 0 Å². The molecular formula is C18H28ClNO2. The average Bonchev–Trinajstić information content (AvgIpc) is 2.52. The van der Waals surface area contributed by atoms with Crippen LogP contribution in [0.1, 0.15) is 76.7 Å². The van der Waals surface area contributed by atoms with Crippen molar-refractivity contribution in [1.82, 2.24) is 0 Å². The number of nitrogens with zero attached hydrogens (tertiary/aromatic N) is 1. The Morgan fingerprint density at radius 2 is 1.59 bits per heavy atom. The first-order valence-corrected chi connectivity index (χ1v) is 8.76. The van der Waals surface area contributed by atoms with E-state index in [0.717, 1.165) is 12.8 Å². The van der Waals surface area contributed by atoms with E-state index in [1.165, 1.54) is 51.0 Å². The third kappa shape index (κ3) is 7.17. The van der Waals surface area contributed by atoms with Crippen LogP contribution in [0.2, 0.25) is 5.02 Å². The van der Waals surface area contributed by atoms with Crippen LogP contribution in [0, 0.1) is 0 Å². The number of benzene rings is 1. The third-order valence-electron chi connectivity index (χ3n) is 3.91. The Labute approximate surface area is 139 Å². The van der Waals surface area contributed by atoms with Gasteiger partial charge in [0.15, 0.2) is 0 Å². The Balaban J connectivity index is 2.24. The number of halogens is 1. The van der Waals surface area contributed by atoms with Crippen LogP contribution in [0.5, 0.6) is 5.75 Å². The van der Waals surface area contributed by atoms with Gasteiger partial charge in [-0.3, -0.25) is 0 Å². The van der Waals surface area contributed by atoms with Crippen LogP contribution < -0.4 is 0 Å². The SMILES string of the molecule is CCCCCCCCCCCC(=NO)c1cc(Cl)ccc1O. The molecule has 0 aromatic heterocycles.